The summed E-state index contributed by atoms with van der Waals surface area (Å²) < 4.78 is 2.01. The molecule has 1 heterocycles. The van der Waals surface area contributed by atoms with E-state index in [9.17, 15) is 0 Å². The molecule has 1 aromatic carbocycles. The molecule has 0 amide bonds. The van der Waals surface area contributed by atoms with Crippen LogP contribution in [-0.4, -0.2) is 16.1 Å². The maximum absolute atomic E-state index is 6.10. The quantitative estimate of drug-likeness (QED) is 0.824. The number of benzene rings is 1. The van der Waals surface area contributed by atoms with Crippen LogP contribution < -0.4 is 5.32 Å². The Hall–Kier alpha value is -0.970. The number of imidazole rings is 1. The molecule has 102 valence electrons. The Morgan fingerprint density at radius 2 is 2.26 bits per heavy atom. The molecule has 0 aliphatic carbocycles. The molecule has 1 N–H and O–H groups in total. The molecule has 1 aromatic heterocycles. The van der Waals surface area contributed by atoms with E-state index in [0.29, 0.717) is 0 Å². The second kappa shape index (κ2) is 6.98. The zero-order chi connectivity index (χ0) is 13.7. The topological polar surface area (TPSA) is 29.9 Å². The molecule has 0 aliphatic heterocycles. The van der Waals surface area contributed by atoms with Gasteiger partial charge in [-0.1, -0.05) is 36.4 Å². The number of hydrogen-bond donors (Lipinski definition) is 1. The predicted molar refractivity (Wildman–Crippen MR) is 80.8 cm³/mol. The smallest absolute Gasteiger partial charge is 0.172 e. The Kier molecular flexibility index (Phi) is 5.31. The van der Waals surface area contributed by atoms with E-state index >= 15 is 0 Å². The monoisotopic (exact) mass is 295 g/mol. The maximum atomic E-state index is 6.10. The van der Waals surface area contributed by atoms with Crippen LogP contribution in [0.15, 0.2) is 40.6 Å². The molecule has 0 atom stereocenters. The van der Waals surface area contributed by atoms with Gasteiger partial charge in [0, 0.05) is 35.9 Å². The molecule has 0 fully saturated rings. The average molecular weight is 296 g/mol. The number of nitrogens with one attached hydrogen (secondary N) is 1. The average Bonchev–Trinajstić information content (AvgIpc) is 2.78. The fourth-order valence-corrected chi connectivity index (χ4v) is 2.93. The number of hydrogen-bond acceptors (Lipinski definition) is 3. The van der Waals surface area contributed by atoms with Crippen molar-refractivity contribution in [3.63, 3.8) is 0 Å². The Bertz CT molecular complexity index is 539. The summed E-state index contributed by atoms with van der Waals surface area (Å²) in [5.74, 6) is 0. The van der Waals surface area contributed by atoms with Crippen molar-refractivity contribution in [3.8, 4) is 0 Å². The van der Waals surface area contributed by atoms with E-state index in [0.717, 1.165) is 34.6 Å². The van der Waals surface area contributed by atoms with Crippen LogP contribution in [0.2, 0.25) is 5.02 Å². The highest BCUT2D eigenvalue weighted by Gasteiger charge is 2.08. The van der Waals surface area contributed by atoms with Gasteiger partial charge in [-0.25, -0.2) is 4.98 Å². The van der Waals surface area contributed by atoms with E-state index < -0.39 is 0 Å². The molecule has 19 heavy (non-hydrogen) atoms. The van der Waals surface area contributed by atoms with E-state index in [4.69, 9.17) is 11.6 Å². The van der Waals surface area contributed by atoms with Crippen molar-refractivity contribution in [2.45, 2.75) is 29.9 Å². The predicted octanol–water partition coefficient (Wildman–Crippen LogP) is 3.72. The lowest BCUT2D eigenvalue weighted by molar-refractivity contribution is 0.669. The van der Waals surface area contributed by atoms with Gasteiger partial charge in [0.25, 0.3) is 0 Å². The molecule has 0 aliphatic rings. The second-order valence-electron chi connectivity index (χ2n) is 4.35. The Labute approximate surface area is 123 Å². The van der Waals surface area contributed by atoms with Crippen molar-refractivity contribution < 1.29 is 0 Å². The highest BCUT2D eigenvalue weighted by Crippen LogP contribution is 2.31. The molecule has 2 aromatic rings. The Morgan fingerprint density at radius 3 is 2.95 bits per heavy atom. The van der Waals surface area contributed by atoms with Crippen LogP contribution in [-0.2, 0) is 13.6 Å². The van der Waals surface area contributed by atoms with Gasteiger partial charge < -0.3 is 9.88 Å². The van der Waals surface area contributed by atoms with E-state index in [1.165, 1.54) is 5.56 Å². The Balaban J connectivity index is 2.17. The SMILES string of the molecule is CCCNCc1ccc(Cl)cc1Sc1nccn1C. The number of nitrogens with zero attached hydrogens (tertiary/aromatic N) is 2. The summed E-state index contributed by atoms with van der Waals surface area (Å²) in [6, 6.07) is 6.02. The molecule has 0 unspecified atom stereocenters. The summed E-state index contributed by atoms with van der Waals surface area (Å²) in [7, 11) is 1.99. The van der Waals surface area contributed by atoms with E-state index in [-0.39, 0.29) is 0 Å². The van der Waals surface area contributed by atoms with Gasteiger partial charge in [0.05, 0.1) is 0 Å². The first-order chi connectivity index (χ1) is 9.20. The Morgan fingerprint density at radius 1 is 1.42 bits per heavy atom. The van der Waals surface area contributed by atoms with Gasteiger partial charge in [-0.3, -0.25) is 0 Å². The standard InChI is InChI=1S/C14H18ClN3S/c1-3-6-16-10-11-4-5-12(15)9-13(11)19-14-17-7-8-18(14)2/h4-5,7-9,16H,3,6,10H2,1-2H3. The van der Waals surface area contributed by atoms with Gasteiger partial charge >= 0.3 is 0 Å². The minimum atomic E-state index is 0.760. The lowest BCUT2D eigenvalue weighted by Crippen LogP contribution is -2.14. The normalized spacial score (nSPS) is 10.9. The molecule has 3 nitrogen and oxygen atoms in total. The largest absolute Gasteiger partial charge is 0.329 e. The molecular formula is C14H18ClN3S. The van der Waals surface area contributed by atoms with Gasteiger partial charge in [0.15, 0.2) is 5.16 Å². The summed E-state index contributed by atoms with van der Waals surface area (Å²) in [4.78, 5) is 5.50. The van der Waals surface area contributed by atoms with Gasteiger partial charge in [-0.05, 0) is 30.7 Å². The fraction of sp³-hybridized carbons (Fsp3) is 0.357. The van der Waals surface area contributed by atoms with Gasteiger partial charge in [-0.2, -0.15) is 0 Å². The maximum Gasteiger partial charge on any atom is 0.172 e. The van der Waals surface area contributed by atoms with Gasteiger partial charge in [0.2, 0.25) is 0 Å². The first kappa shape index (κ1) is 14.4. The lowest BCUT2D eigenvalue weighted by Gasteiger charge is -2.10. The third kappa shape index (κ3) is 4.00. The van der Waals surface area contributed by atoms with Gasteiger partial charge in [0.1, 0.15) is 0 Å². The zero-order valence-electron chi connectivity index (χ0n) is 11.2. The van der Waals surface area contributed by atoms with Crippen LogP contribution >= 0.6 is 23.4 Å². The van der Waals surface area contributed by atoms with Crippen LogP contribution in [0.3, 0.4) is 0 Å². The minimum absolute atomic E-state index is 0.760. The van der Waals surface area contributed by atoms with Crippen LogP contribution in [0.5, 0.6) is 0 Å². The van der Waals surface area contributed by atoms with Crippen molar-refractivity contribution in [3.05, 3.63) is 41.2 Å². The van der Waals surface area contributed by atoms with Gasteiger partial charge in [-0.15, -0.1) is 0 Å². The van der Waals surface area contributed by atoms with Crippen LogP contribution in [0.4, 0.5) is 0 Å². The molecule has 5 heteroatoms. The summed E-state index contributed by atoms with van der Waals surface area (Å²) >= 11 is 7.74. The molecule has 2 rings (SSSR count). The molecular weight excluding hydrogens is 278 g/mol. The number of rotatable bonds is 6. The first-order valence-electron chi connectivity index (χ1n) is 6.35. The van der Waals surface area contributed by atoms with Crippen molar-refractivity contribution in [2.75, 3.05) is 6.54 Å². The van der Waals surface area contributed by atoms with Crippen LogP contribution in [0.25, 0.3) is 0 Å². The zero-order valence-corrected chi connectivity index (χ0v) is 12.8. The summed E-state index contributed by atoms with van der Waals surface area (Å²) in [6.45, 7) is 4.05. The molecule has 0 radical (unpaired) electrons. The number of aromatic nitrogens is 2. The number of aryl methyl sites for hydroxylation is 1. The molecule has 0 saturated heterocycles. The molecule has 0 bridgehead atoms. The van der Waals surface area contributed by atoms with E-state index in [2.05, 4.69) is 23.3 Å². The summed E-state index contributed by atoms with van der Waals surface area (Å²) in [5, 5.41) is 5.15. The van der Waals surface area contributed by atoms with E-state index in [1.54, 1.807) is 11.8 Å². The summed E-state index contributed by atoms with van der Waals surface area (Å²) in [5.41, 5.74) is 1.26. The van der Waals surface area contributed by atoms with Crippen LogP contribution in [0, 0.1) is 0 Å². The second-order valence-corrected chi connectivity index (χ2v) is 5.80. The highest BCUT2D eigenvalue weighted by molar-refractivity contribution is 7.99. The van der Waals surface area contributed by atoms with E-state index in [1.807, 2.05) is 36.1 Å². The van der Waals surface area contributed by atoms with Crippen molar-refractivity contribution >= 4 is 23.4 Å². The fourth-order valence-electron chi connectivity index (χ4n) is 1.72. The van der Waals surface area contributed by atoms with Crippen molar-refractivity contribution in [1.82, 2.24) is 14.9 Å². The molecule has 0 saturated carbocycles. The van der Waals surface area contributed by atoms with Crippen LogP contribution in [0.1, 0.15) is 18.9 Å². The number of halogens is 1. The lowest BCUT2D eigenvalue weighted by atomic mass is 10.2. The molecule has 0 spiro atoms. The third-order valence-corrected chi connectivity index (χ3v) is 4.16. The summed E-state index contributed by atoms with van der Waals surface area (Å²) in [6.07, 6.45) is 4.89. The highest BCUT2D eigenvalue weighted by atomic mass is 35.5. The van der Waals surface area contributed by atoms with Crippen molar-refractivity contribution in [1.29, 1.82) is 0 Å². The van der Waals surface area contributed by atoms with Crippen molar-refractivity contribution in [2.24, 2.45) is 7.05 Å². The minimum Gasteiger partial charge on any atom is -0.329 e. The third-order valence-electron chi connectivity index (χ3n) is 2.75. The first-order valence-corrected chi connectivity index (χ1v) is 7.54.